The molecular weight excluding hydrogens is 223 g/mol. The molecule has 86 valence electrons. The maximum Gasteiger partial charge on any atom is 0.333 e. The van der Waals surface area contributed by atoms with E-state index in [2.05, 4.69) is 4.98 Å². The van der Waals surface area contributed by atoms with Crippen LogP contribution in [0.3, 0.4) is 0 Å². The minimum absolute atomic E-state index is 0.201. The summed E-state index contributed by atoms with van der Waals surface area (Å²) in [7, 11) is 0. The minimum Gasteiger partial charge on any atom is -0.445 e. The molecule has 0 saturated heterocycles. The van der Waals surface area contributed by atoms with Crippen molar-refractivity contribution in [2.75, 3.05) is 0 Å². The third kappa shape index (κ3) is 1.39. The number of para-hydroxylation sites is 1. The lowest BCUT2D eigenvalue weighted by molar-refractivity contribution is 0.508. The van der Waals surface area contributed by atoms with Gasteiger partial charge in [-0.1, -0.05) is 6.07 Å². The van der Waals surface area contributed by atoms with Gasteiger partial charge in [0.25, 0.3) is 0 Å². The fourth-order valence-electron chi connectivity index (χ4n) is 1.87. The van der Waals surface area contributed by atoms with E-state index in [4.69, 9.17) is 4.42 Å². The van der Waals surface area contributed by atoms with Gasteiger partial charge in [-0.05, 0) is 25.1 Å². The highest BCUT2D eigenvalue weighted by Crippen LogP contribution is 2.19. The van der Waals surface area contributed by atoms with Gasteiger partial charge in [0.15, 0.2) is 0 Å². The van der Waals surface area contributed by atoms with Crippen LogP contribution in [0.1, 0.15) is 5.76 Å². The first-order valence-corrected chi connectivity index (χ1v) is 5.13. The predicted molar refractivity (Wildman–Crippen MR) is 60.9 cm³/mol. The lowest BCUT2D eigenvalue weighted by Gasteiger charge is -1.99. The van der Waals surface area contributed by atoms with Crippen LogP contribution in [-0.4, -0.2) is 9.55 Å². The van der Waals surface area contributed by atoms with Crippen molar-refractivity contribution in [1.82, 2.24) is 9.55 Å². The summed E-state index contributed by atoms with van der Waals surface area (Å²) in [6.07, 6.45) is 0. The van der Waals surface area contributed by atoms with Crippen molar-refractivity contribution in [2.24, 2.45) is 0 Å². The standard InChI is InChI=1S/C12H9FN2O2/c1-7-5-6-10(17-7)15-11-8(13)3-2-4-9(11)14-12(15)16/h2-6H,1H3,(H,14,16). The maximum absolute atomic E-state index is 13.7. The van der Waals surface area contributed by atoms with Crippen LogP contribution < -0.4 is 5.69 Å². The first-order chi connectivity index (χ1) is 8.16. The van der Waals surface area contributed by atoms with Crippen LogP contribution in [0.4, 0.5) is 4.39 Å². The number of hydrogen-bond acceptors (Lipinski definition) is 2. The first-order valence-electron chi connectivity index (χ1n) is 5.13. The van der Waals surface area contributed by atoms with Crippen molar-refractivity contribution >= 4 is 11.0 Å². The Kier molecular flexibility index (Phi) is 1.95. The Labute approximate surface area is 95.3 Å². The summed E-state index contributed by atoms with van der Waals surface area (Å²) >= 11 is 0. The normalized spacial score (nSPS) is 11.2. The van der Waals surface area contributed by atoms with Gasteiger partial charge in [-0.15, -0.1) is 0 Å². The molecule has 17 heavy (non-hydrogen) atoms. The second kappa shape index (κ2) is 3.35. The molecular formula is C12H9FN2O2. The van der Waals surface area contributed by atoms with E-state index in [1.807, 2.05) is 0 Å². The van der Waals surface area contributed by atoms with Crippen LogP contribution in [0, 0.1) is 12.7 Å². The minimum atomic E-state index is -0.463. The van der Waals surface area contributed by atoms with Gasteiger partial charge in [0.05, 0.1) is 5.52 Å². The number of aryl methyl sites for hydroxylation is 1. The Morgan fingerprint density at radius 3 is 2.82 bits per heavy atom. The Morgan fingerprint density at radius 1 is 1.29 bits per heavy atom. The van der Waals surface area contributed by atoms with Crippen molar-refractivity contribution in [3.63, 3.8) is 0 Å². The van der Waals surface area contributed by atoms with E-state index in [0.29, 0.717) is 17.2 Å². The predicted octanol–water partition coefficient (Wildman–Crippen LogP) is 2.36. The summed E-state index contributed by atoms with van der Waals surface area (Å²) in [6.45, 7) is 1.76. The molecule has 1 aromatic carbocycles. The summed E-state index contributed by atoms with van der Waals surface area (Å²) < 4.78 is 20.3. The number of halogens is 1. The Balaban J connectivity index is 2.43. The monoisotopic (exact) mass is 232 g/mol. The fraction of sp³-hybridized carbons (Fsp3) is 0.0833. The van der Waals surface area contributed by atoms with Gasteiger partial charge in [0, 0.05) is 6.07 Å². The average molecular weight is 232 g/mol. The van der Waals surface area contributed by atoms with E-state index in [1.165, 1.54) is 10.6 Å². The number of furan rings is 1. The number of aromatic amines is 1. The third-order valence-corrected chi connectivity index (χ3v) is 2.60. The number of hydrogen-bond donors (Lipinski definition) is 1. The van der Waals surface area contributed by atoms with Gasteiger partial charge >= 0.3 is 5.69 Å². The average Bonchev–Trinajstić information content (AvgIpc) is 2.82. The smallest absolute Gasteiger partial charge is 0.333 e. The van der Waals surface area contributed by atoms with Crippen LogP contribution in [0.5, 0.6) is 0 Å². The lowest BCUT2D eigenvalue weighted by atomic mass is 10.3. The van der Waals surface area contributed by atoms with Crippen LogP contribution in [0.15, 0.2) is 39.5 Å². The molecule has 0 fully saturated rings. The van der Waals surface area contributed by atoms with E-state index < -0.39 is 11.5 Å². The molecule has 3 rings (SSSR count). The molecule has 0 amide bonds. The summed E-state index contributed by atoms with van der Waals surface area (Å²) in [5, 5.41) is 0. The zero-order chi connectivity index (χ0) is 12.0. The van der Waals surface area contributed by atoms with Crippen molar-refractivity contribution in [2.45, 2.75) is 6.92 Å². The van der Waals surface area contributed by atoms with Crippen LogP contribution in [0.2, 0.25) is 0 Å². The van der Waals surface area contributed by atoms with Crippen molar-refractivity contribution < 1.29 is 8.81 Å². The quantitative estimate of drug-likeness (QED) is 0.700. The fourth-order valence-corrected chi connectivity index (χ4v) is 1.87. The lowest BCUT2D eigenvalue weighted by Crippen LogP contribution is -2.14. The number of nitrogens with one attached hydrogen (secondary N) is 1. The molecule has 0 unspecified atom stereocenters. The Morgan fingerprint density at radius 2 is 2.12 bits per heavy atom. The molecule has 0 atom stereocenters. The van der Waals surface area contributed by atoms with E-state index in [1.54, 1.807) is 31.2 Å². The number of H-pyrrole nitrogens is 1. The summed E-state index contributed by atoms with van der Waals surface area (Å²) in [5.74, 6) is 0.511. The third-order valence-electron chi connectivity index (χ3n) is 2.60. The van der Waals surface area contributed by atoms with Crippen LogP contribution >= 0.6 is 0 Å². The summed E-state index contributed by atoms with van der Waals surface area (Å²) in [5.41, 5.74) is 0.232. The molecule has 0 spiro atoms. The molecule has 2 aromatic heterocycles. The molecule has 5 heteroatoms. The van der Waals surface area contributed by atoms with E-state index >= 15 is 0 Å². The molecule has 4 nitrogen and oxygen atoms in total. The molecule has 2 heterocycles. The van der Waals surface area contributed by atoms with Gasteiger partial charge in [-0.3, -0.25) is 0 Å². The highest BCUT2D eigenvalue weighted by molar-refractivity contribution is 5.77. The first kappa shape index (κ1) is 9.89. The van der Waals surface area contributed by atoms with E-state index in [0.717, 1.165) is 0 Å². The number of nitrogens with zero attached hydrogens (tertiary/aromatic N) is 1. The van der Waals surface area contributed by atoms with E-state index in [9.17, 15) is 9.18 Å². The molecule has 0 radical (unpaired) electrons. The summed E-state index contributed by atoms with van der Waals surface area (Å²) in [6, 6.07) is 7.86. The second-order valence-electron chi connectivity index (χ2n) is 3.79. The second-order valence-corrected chi connectivity index (χ2v) is 3.79. The van der Waals surface area contributed by atoms with Crippen LogP contribution in [-0.2, 0) is 0 Å². The van der Waals surface area contributed by atoms with Gasteiger partial charge in [-0.2, -0.15) is 0 Å². The van der Waals surface area contributed by atoms with E-state index in [-0.39, 0.29) is 5.52 Å². The Bertz CT molecular complexity index is 751. The highest BCUT2D eigenvalue weighted by Gasteiger charge is 2.14. The van der Waals surface area contributed by atoms with Crippen molar-refractivity contribution in [3.8, 4) is 5.88 Å². The zero-order valence-electron chi connectivity index (χ0n) is 9.03. The van der Waals surface area contributed by atoms with Gasteiger partial charge in [0.1, 0.15) is 17.1 Å². The molecule has 0 aliphatic heterocycles. The van der Waals surface area contributed by atoms with Crippen molar-refractivity contribution in [1.29, 1.82) is 0 Å². The number of benzene rings is 1. The molecule has 3 aromatic rings. The molecule has 0 bridgehead atoms. The number of imidazole rings is 1. The molecule has 0 aliphatic carbocycles. The SMILES string of the molecule is Cc1ccc(-n2c(=O)[nH]c3cccc(F)c32)o1. The van der Waals surface area contributed by atoms with Crippen LogP contribution in [0.25, 0.3) is 16.9 Å². The number of aromatic nitrogens is 2. The maximum atomic E-state index is 13.7. The highest BCUT2D eigenvalue weighted by atomic mass is 19.1. The molecule has 0 aliphatic rings. The molecule has 0 saturated carbocycles. The number of fused-ring (bicyclic) bond motifs is 1. The van der Waals surface area contributed by atoms with Gasteiger partial charge in [-0.25, -0.2) is 13.8 Å². The zero-order valence-corrected chi connectivity index (χ0v) is 9.03. The Hall–Kier alpha value is -2.30. The largest absolute Gasteiger partial charge is 0.445 e. The number of rotatable bonds is 1. The summed E-state index contributed by atoms with van der Waals surface area (Å²) in [4.78, 5) is 14.4. The van der Waals surface area contributed by atoms with Gasteiger partial charge < -0.3 is 9.40 Å². The van der Waals surface area contributed by atoms with Gasteiger partial charge in [0.2, 0.25) is 5.88 Å². The van der Waals surface area contributed by atoms with Crippen molar-refractivity contribution in [3.05, 3.63) is 52.4 Å². The topological polar surface area (TPSA) is 50.9 Å². The molecule has 1 N–H and O–H groups in total.